The van der Waals surface area contributed by atoms with Gasteiger partial charge in [0, 0.05) is 77.0 Å². The first-order chi connectivity index (χ1) is 33.8. The van der Waals surface area contributed by atoms with Crippen molar-refractivity contribution in [1.82, 2.24) is 0 Å². The normalized spacial score (nSPS) is 52.0. The number of carbonyl (C=O) groups is 4. The maximum atomic E-state index is 15.9. The Hall–Kier alpha value is -2.44. The van der Waals surface area contributed by atoms with Crippen LogP contribution in [0.4, 0.5) is 0 Å². The highest BCUT2D eigenvalue weighted by Gasteiger charge is 2.70. The van der Waals surface area contributed by atoms with Gasteiger partial charge in [-0.1, -0.05) is 6.92 Å². The van der Waals surface area contributed by atoms with E-state index >= 15 is 19.2 Å². The van der Waals surface area contributed by atoms with E-state index in [1.807, 2.05) is 6.92 Å². The number of esters is 4. The number of hydrogen-bond donors (Lipinski definition) is 8. The van der Waals surface area contributed by atoms with Crippen LogP contribution in [0.3, 0.4) is 0 Å². The van der Waals surface area contributed by atoms with Gasteiger partial charge in [0.05, 0.1) is 66.5 Å². The maximum Gasteiger partial charge on any atom is 0.312 e. The van der Waals surface area contributed by atoms with E-state index in [4.69, 9.17) is 18.9 Å². The summed E-state index contributed by atoms with van der Waals surface area (Å²) in [7, 11) is 0. The largest absolute Gasteiger partial charge is 0.458 e. The van der Waals surface area contributed by atoms with E-state index in [1.54, 1.807) is 34.6 Å². The van der Waals surface area contributed by atoms with E-state index in [2.05, 4.69) is 0 Å². The van der Waals surface area contributed by atoms with Crippen molar-refractivity contribution in [2.24, 2.45) is 45.3 Å². The van der Waals surface area contributed by atoms with Crippen LogP contribution in [0, 0.1) is 45.3 Å². The molecule has 0 aromatic rings. The molecule has 16 aliphatic carbocycles. The van der Waals surface area contributed by atoms with Crippen molar-refractivity contribution in [3.8, 4) is 0 Å². The lowest BCUT2D eigenvalue weighted by molar-refractivity contribution is -0.267. The lowest BCUT2D eigenvalue weighted by atomic mass is 9.50. The van der Waals surface area contributed by atoms with E-state index in [-0.39, 0.29) is 126 Å². The molecule has 16 nitrogen and oxygen atoms in total. The molecule has 11 atom stereocenters. The summed E-state index contributed by atoms with van der Waals surface area (Å²) >= 11 is 0. The van der Waals surface area contributed by atoms with Gasteiger partial charge in [0.2, 0.25) is 0 Å². The first kappa shape index (κ1) is 52.3. The molecule has 0 heterocycles. The molecule has 0 aliphatic heterocycles. The molecule has 8 N–H and O–H groups in total. The molecule has 74 heavy (non-hydrogen) atoms. The predicted molar refractivity (Wildman–Crippen MR) is 262 cm³/mol. The van der Waals surface area contributed by atoms with Crippen LogP contribution in [0.2, 0.25) is 0 Å². The first-order valence-corrected chi connectivity index (χ1v) is 28.5. The number of rotatable bonds is 15. The summed E-state index contributed by atoms with van der Waals surface area (Å²) in [6.45, 7) is 10.2. The Labute approximate surface area is 435 Å². The highest BCUT2D eigenvalue weighted by atomic mass is 16.6. The molecule has 16 aliphatic rings. The lowest BCUT2D eigenvalue weighted by Crippen LogP contribution is -2.68. The third-order valence-electron chi connectivity index (χ3n) is 22.3. The monoisotopic (exact) mass is 1040 g/mol. The Balaban J connectivity index is 0.904. The predicted octanol–water partition coefficient (Wildman–Crippen LogP) is 5.58. The molecule has 16 fully saturated rings. The van der Waals surface area contributed by atoms with Crippen LogP contribution in [-0.4, -0.2) is 132 Å². The molecule has 0 spiro atoms. The minimum atomic E-state index is -1.74. The van der Waals surface area contributed by atoms with Gasteiger partial charge in [-0.25, -0.2) is 0 Å². The lowest BCUT2D eigenvalue weighted by Gasteiger charge is -2.63. The van der Waals surface area contributed by atoms with Crippen molar-refractivity contribution in [2.45, 2.75) is 289 Å². The van der Waals surface area contributed by atoms with Gasteiger partial charge in [-0.3, -0.25) is 19.2 Å². The average Bonchev–Trinajstić information content (AvgIpc) is 3.14. The van der Waals surface area contributed by atoms with Gasteiger partial charge in [-0.2, -0.15) is 0 Å². The molecule has 0 saturated heterocycles. The molecule has 16 rings (SSSR count). The van der Waals surface area contributed by atoms with Gasteiger partial charge in [0.25, 0.3) is 0 Å². The van der Waals surface area contributed by atoms with E-state index < -0.39 is 113 Å². The summed E-state index contributed by atoms with van der Waals surface area (Å²) in [4.78, 5) is 61.9. The van der Waals surface area contributed by atoms with Gasteiger partial charge in [0.15, 0.2) is 0 Å². The van der Waals surface area contributed by atoms with E-state index in [1.165, 1.54) is 0 Å². The Morgan fingerprint density at radius 2 is 0.554 bits per heavy atom. The molecule has 16 bridgehead atoms. The SMILES string of the molecule is CCC(C)(CC(C)(CC(C)(CC(C)(C)C(=O)OC12CC3CC(O)(CC(O)(C3)C1)C2)C(=O)OC12CC3CC(O)(CC(O)(C3)C1)C2)C(=O)OC12CC3CC(O)(CC(O)(C3)C1)C2)C(=O)OC12CC3CC(O)(CC(O)(C3)C1)C2. The van der Waals surface area contributed by atoms with Crippen LogP contribution in [0.25, 0.3) is 0 Å². The Morgan fingerprint density at radius 3 is 0.797 bits per heavy atom. The van der Waals surface area contributed by atoms with Gasteiger partial charge >= 0.3 is 23.9 Å². The van der Waals surface area contributed by atoms with Gasteiger partial charge in [0.1, 0.15) is 22.4 Å². The first-order valence-electron chi connectivity index (χ1n) is 28.5. The third-order valence-corrected chi connectivity index (χ3v) is 22.3. The standard InChI is InChI=1S/C58H86O16/c1-7-44(4,40(60)72-56-17-36-10-49(65,29-56)24-50(66,11-36)30-56)21-46(6,42(62)74-58-19-38-14-53(69,33-58)26-54(70,15-38)34-58)22-45(5,41(61)73-57-18-37-12-51(67,31-57)25-52(68,13-37)32-57)20-43(2,3)39(59)71-55-16-35-8-47(63,27-55)23-48(64,9-35)28-55/h35-38,63-70H,7-34H2,1-6H3. The highest BCUT2D eigenvalue weighted by Crippen LogP contribution is 2.66. The minimum absolute atomic E-state index is 0.0401. The van der Waals surface area contributed by atoms with Crippen molar-refractivity contribution in [3.05, 3.63) is 0 Å². The maximum absolute atomic E-state index is 15.9. The summed E-state index contributed by atoms with van der Waals surface area (Å²) in [5.74, 6) is -3.05. The van der Waals surface area contributed by atoms with Gasteiger partial charge < -0.3 is 59.8 Å². The molecular formula is C58H86O16. The zero-order chi connectivity index (χ0) is 53.2. The minimum Gasteiger partial charge on any atom is -0.458 e. The number of aliphatic hydroxyl groups is 8. The zero-order valence-electron chi connectivity index (χ0n) is 45.0. The van der Waals surface area contributed by atoms with Gasteiger partial charge in [-0.05, 0) is 161 Å². The Morgan fingerprint density at radius 1 is 0.338 bits per heavy atom. The van der Waals surface area contributed by atoms with Crippen LogP contribution < -0.4 is 0 Å². The van der Waals surface area contributed by atoms with E-state index in [9.17, 15) is 40.9 Å². The Kier molecular flexibility index (Phi) is 10.8. The van der Waals surface area contributed by atoms with Gasteiger partial charge in [-0.15, -0.1) is 0 Å². The second kappa shape index (κ2) is 15.3. The van der Waals surface area contributed by atoms with Crippen LogP contribution >= 0.6 is 0 Å². The van der Waals surface area contributed by atoms with Crippen molar-refractivity contribution < 1.29 is 79.0 Å². The molecule has 0 aromatic carbocycles. The zero-order valence-corrected chi connectivity index (χ0v) is 45.0. The summed E-state index contributed by atoms with van der Waals surface area (Å²) in [6, 6.07) is 0. The van der Waals surface area contributed by atoms with Crippen molar-refractivity contribution in [3.63, 3.8) is 0 Å². The number of ether oxygens (including phenoxy) is 4. The van der Waals surface area contributed by atoms with Crippen LogP contribution in [0.5, 0.6) is 0 Å². The molecule has 11 unspecified atom stereocenters. The molecular weight excluding hydrogens is 953 g/mol. The number of hydrogen-bond acceptors (Lipinski definition) is 16. The summed E-state index contributed by atoms with van der Waals surface area (Å²) < 4.78 is 26.7. The molecule has 16 saturated carbocycles. The second-order valence-corrected chi connectivity index (χ2v) is 31.6. The van der Waals surface area contributed by atoms with E-state index in [0.29, 0.717) is 77.0 Å². The fraction of sp³-hybridized carbons (Fsp3) is 0.931. The van der Waals surface area contributed by atoms with Crippen LogP contribution in [-0.2, 0) is 38.1 Å². The van der Waals surface area contributed by atoms with E-state index in [0.717, 1.165) is 0 Å². The quantitative estimate of drug-likeness (QED) is 0.0735. The topological polar surface area (TPSA) is 267 Å². The summed E-state index contributed by atoms with van der Waals surface area (Å²) in [5, 5.41) is 94.0. The second-order valence-electron chi connectivity index (χ2n) is 31.6. The molecule has 414 valence electrons. The molecule has 16 heteroatoms. The van der Waals surface area contributed by atoms with Crippen LogP contribution in [0.1, 0.15) is 221 Å². The Bertz CT molecular complexity index is 2360. The number of carbonyl (C=O) groups excluding carboxylic acids is 4. The fourth-order valence-corrected chi connectivity index (χ4v) is 22.3. The average molecular weight is 1040 g/mol. The van der Waals surface area contributed by atoms with Crippen molar-refractivity contribution in [2.75, 3.05) is 0 Å². The smallest absolute Gasteiger partial charge is 0.312 e. The summed E-state index contributed by atoms with van der Waals surface area (Å²) in [5.41, 5.74) is -20.9. The molecule has 0 amide bonds. The van der Waals surface area contributed by atoms with Crippen LogP contribution in [0.15, 0.2) is 0 Å². The third kappa shape index (κ3) is 8.64. The molecule has 0 aromatic heterocycles. The summed E-state index contributed by atoms with van der Waals surface area (Å²) in [6.07, 6.45) is 7.11. The van der Waals surface area contributed by atoms with Crippen molar-refractivity contribution in [1.29, 1.82) is 0 Å². The highest BCUT2D eigenvalue weighted by molar-refractivity contribution is 5.85. The van der Waals surface area contributed by atoms with Crippen molar-refractivity contribution >= 4 is 23.9 Å². The fourth-order valence-electron chi connectivity index (χ4n) is 22.3. The molecule has 0 radical (unpaired) electrons.